The molecular formula is C22H19ClN4O4. The molecule has 2 aromatic carbocycles. The van der Waals surface area contributed by atoms with Gasteiger partial charge in [-0.1, -0.05) is 17.7 Å². The zero-order chi connectivity index (χ0) is 21.8. The molecule has 4 rings (SSSR count). The number of nitrogens with one attached hydrogen (secondary N) is 2. The van der Waals surface area contributed by atoms with E-state index in [9.17, 15) is 14.4 Å². The van der Waals surface area contributed by atoms with E-state index < -0.39 is 18.2 Å². The lowest BCUT2D eigenvalue weighted by atomic mass is 10.2. The van der Waals surface area contributed by atoms with Gasteiger partial charge in [0.1, 0.15) is 6.10 Å². The summed E-state index contributed by atoms with van der Waals surface area (Å²) >= 11 is 5.82. The standard InChI is InChI=1S/C22H19ClN4O4/c23-15-4-6-16(7-5-15)25-21(29)24-13-19-14-27(22(30)31-19)18-10-8-17(9-11-18)26-12-2-1-3-20(26)28/h1-12,19H,13-14H2,(H2,24,25,29). The second-order valence-electron chi connectivity index (χ2n) is 6.88. The Kier molecular flexibility index (Phi) is 5.90. The second kappa shape index (κ2) is 8.93. The number of nitrogens with zero attached hydrogens (tertiary/aromatic N) is 2. The van der Waals surface area contributed by atoms with Gasteiger partial charge in [0.2, 0.25) is 0 Å². The Morgan fingerprint density at radius 2 is 1.71 bits per heavy atom. The van der Waals surface area contributed by atoms with E-state index in [0.29, 0.717) is 28.6 Å². The first-order chi connectivity index (χ1) is 15.0. The van der Waals surface area contributed by atoms with Crippen LogP contribution < -0.4 is 21.1 Å². The summed E-state index contributed by atoms with van der Waals surface area (Å²) in [4.78, 5) is 37.8. The topological polar surface area (TPSA) is 92.7 Å². The quantitative estimate of drug-likeness (QED) is 0.636. The van der Waals surface area contributed by atoms with E-state index in [2.05, 4.69) is 10.6 Å². The maximum Gasteiger partial charge on any atom is 0.414 e. The van der Waals surface area contributed by atoms with Gasteiger partial charge in [-0.3, -0.25) is 14.3 Å². The molecule has 3 aromatic rings. The van der Waals surface area contributed by atoms with Gasteiger partial charge in [0.25, 0.3) is 5.56 Å². The average molecular weight is 439 g/mol. The minimum absolute atomic E-state index is 0.140. The molecule has 1 aromatic heterocycles. The fourth-order valence-corrected chi connectivity index (χ4v) is 3.31. The Labute approximate surface area is 183 Å². The van der Waals surface area contributed by atoms with Gasteiger partial charge < -0.3 is 15.4 Å². The Hall–Kier alpha value is -3.78. The van der Waals surface area contributed by atoms with Crippen molar-refractivity contribution < 1.29 is 14.3 Å². The third-order valence-corrected chi connectivity index (χ3v) is 4.98. The molecule has 1 fully saturated rings. The fraction of sp³-hybridized carbons (Fsp3) is 0.136. The van der Waals surface area contributed by atoms with Crippen LogP contribution in [0.2, 0.25) is 5.02 Å². The summed E-state index contributed by atoms with van der Waals surface area (Å²) in [6.45, 7) is 0.462. The first-order valence-corrected chi connectivity index (χ1v) is 9.94. The molecule has 1 saturated heterocycles. The molecule has 3 amide bonds. The number of benzene rings is 2. The molecule has 1 unspecified atom stereocenters. The van der Waals surface area contributed by atoms with Crippen molar-refractivity contribution in [2.45, 2.75) is 6.10 Å². The number of rotatable bonds is 5. The highest BCUT2D eigenvalue weighted by Gasteiger charge is 2.32. The third-order valence-electron chi connectivity index (χ3n) is 4.73. The van der Waals surface area contributed by atoms with Gasteiger partial charge in [-0.15, -0.1) is 0 Å². The number of cyclic esters (lactones) is 1. The number of aromatic nitrogens is 1. The minimum Gasteiger partial charge on any atom is -0.442 e. The van der Waals surface area contributed by atoms with E-state index in [4.69, 9.17) is 16.3 Å². The molecule has 0 radical (unpaired) electrons. The summed E-state index contributed by atoms with van der Waals surface area (Å²) in [5, 5.41) is 5.95. The summed E-state index contributed by atoms with van der Waals surface area (Å²) in [6.07, 6.45) is 0.701. The van der Waals surface area contributed by atoms with Gasteiger partial charge >= 0.3 is 12.1 Å². The van der Waals surface area contributed by atoms with Gasteiger partial charge in [0.15, 0.2) is 0 Å². The van der Waals surface area contributed by atoms with Crippen molar-refractivity contribution in [1.82, 2.24) is 9.88 Å². The lowest BCUT2D eigenvalue weighted by Gasteiger charge is -2.14. The SMILES string of the molecule is O=C(NCC1CN(c2ccc(-n3ccccc3=O)cc2)C(=O)O1)Nc1ccc(Cl)cc1. The molecule has 1 atom stereocenters. The van der Waals surface area contributed by atoms with Crippen LogP contribution in [0.1, 0.15) is 0 Å². The monoisotopic (exact) mass is 438 g/mol. The first kappa shape index (κ1) is 20.5. The van der Waals surface area contributed by atoms with E-state index in [0.717, 1.165) is 0 Å². The van der Waals surface area contributed by atoms with Crippen LogP contribution in [0, 0.1) is 0 Å². The van der Waals surface area contributed by atoms with E-state index in [1.807, 2.05) is 0 Å². The Bertz CT molecular complexity index is 1150. The van der Waals surface area contributed by atoms with Gasteiger partial charge in [-0.2, -0.15) is 0 Å². The van der Waals surface area contributed by atoms with Crippen molar-refractivity contribution in [1.29, 1.82) is 0 Å². The van der Waals surface area contributed by atoms with E-state index in [1.165, 1.54) is 15.5 Å². The molecule has 2 N–H and O–H groups in total. The molecule has 158 valence electrons. The second-order valence-corrected chi connectivity index (χ2v) is 7.32. The molecule has 1 aliphatic heterocycles. The van der Waals surface area contributed by atoms with Crippen molar-refractivity contribution in [3.8, 4) is 5.69 Å². The molecule has 0 spiro atoms. The van der Waals surface area contributed by atoms with Gasteiger partial charge in [-0.25, -0.2) is 9.59 Å². The van der Waals surface area contributed by atoms with Crippen LogP contribution in [0.3, 0.4) is 0 Å². The maximum atomic E-state index is 12.3. The zero-order valence-electron chi connectivity index (χ0n) is 16.3. The Morgan fingerprint density at radius 1 is 1.00 bits per heavy atom. The fourth-order valence-electron chi connectivity index (χ4n) is 3.19. The number of halogens is 1. The van der Waals surface area contributed by atoms with E-state index in [1.54, 1.807) is 66.9 Å². The first-order valence-electron chi connectivity index (χ1n) is 9.56. The molecule has 1 aliphatic rings. The normalized spacial score (nSPS) is 15.5. The molecule has 0 saturated carbocycles. The predicted octanol–water partition coefficient (Wildman–Crippen LogP) is 3.64. The molecule has 8 nitrogen and oxygen atoms in total. The van der Waals surface area contributed by atoms with Gasteiger partial charge in [0, 0.05) is 34.3 Å². The molecule has 31 heavy (non-hydrogen) atoms. The summed E-state index contributed by atoms with van der Waals surface area (Å²) in [5.74, 6) is 0. The molecule has 2 heterocycles. The van der Waals surface area contributed by atoms with Crippen molar-refractivity contribution in [3.63, 3.8) is 0 Å². The zero-order valence-corrected chi connectivity index (χ0v) is 17.1. The largest absolute Gasteiger partial charge is 0.442 e. The average Bonchev–Trinajstić information content (AvgIpc) is 3.15. The van der Waals surface area contributed by atoms with Gasteiger partial charge in [-0.05, 0) is 54.6 Å². The highest BCUT2D eigenvalue weighted by atomic mass is 35.5. The Balaban J connectivity index is 1.34. The van der Waals surface area contributed by atoms with Crippen LogP contribution in [0.25, 0.3) is 5.69 Å². The molecule has 0 bridgehead atoms. The van der Waals surface area contributed by atoms with Gasteiger partial charge in [0.05, 0.1) is 13.1 Å². The highest BCUT2D eigenvalue weighted by molar-refractivity contribution is 6.30. The number of hydrogen-bond acceptors (Lipinski definition) is 4. The smallest absolute Gasteiger partial charge is 0.414 e. The lowest BCUT2D eigenvalue weighted by molar-refractivity contribution is 0.141. The summed E-state index contributed by atoms with van der Waals surface area (Å²) < 4.78 is 6.86. The maximum absolute atomic E-state index is 12.3. The molecular weight excluding hydrogens is 420 g/mol. The third kappa shape index (κ3) is 4.87. The van der Waals surface area contributed by atoms with Crippen molar-refractivity contribution in [3.05, 3.63) is 88.3 Å². The number of carbonyl (C=O) groups excluding carboxylic acids is 2. The van der Waals surface area contributed by atoms with Crippen molar-refractivity contribution in [2.75, 3.05) is 23.3 Å². The number of amides is 3. The number of anilines is 2. The van der Waals surface area contributed by atoms with Crippen molar-refractivity contribution >= 4 is 35.1 Å². The van der Waals surface area contributed by atoms with Crippen LogP contribution in [0.15, 0.2) is 77.7 Å². The van der Waals surface area contributed by atoms with E-state index >= 15 is 0 Å². The van der Waals surface area contributed by atoms with Crippen molar-refractivity contribution in [2.24, 2.45) is 0 Å². The molecule has 0 aliphatic carbocycles. The predicted molar refractivity (Wildman–Crippen MR) is 118 cm³/mol. The van der Waals surface area contributed by atoms with Crippen LogP contribution in [0.4, 0.5) is 21.0 Å². The van der Waals surface area contributed by atoms with Crippen LogP contribution >= 0.6 is 11.6 Å². The summed E-state index contributed by atoms with van der Waals surface area (Å²) in [7, 11) is 0. The summed E-state index contributed by atoms with van der Waals surface area (Å²) in [5.41, 5.74) is 1.80. The number of ether oxygens (including phenoxy) is 1. The number of urea groups is 1. The van der Waals surface area contributed by atoms with Crippen LogP contribution in [0.5, 0.6) is 0 Å². The molecule has 9 heteroatoms. The van der Waals surface area contributed by atoms with Crippen LogP contribution in [-0.4, -0.2) is 35.9 Å². The lowest BCUT2D eigenvalue weighted by Crippen LogP contribution is -2.37. The number of pyridine rings is 1. The minimum atomic E-state index is -0.491. The highest BCUT2D eigenvalue weighted by Crippen LogP contribution is 2.22. The van der Waals surface area contributed by atoms with E-state index in [-0.39, 0.29) is 12.1 Å². The number of carbonyl (C=O) groups is 2. The van der Waals surface area contributed by atoms with Crippen LogP contribution in [-0.2, 0) is 4.74 Å². The number of hydrogen-bond donors (Lipinski definition) is 2. The Morgan fingerprint density at radius 3 is 2.42 bits per heavy atom. The summed E-state index contributed by atoms with van der Waals surface area (Å²) in [6, 6.07) is 18.3.